The summed E-state index contributed by atoms with van der Waals surface area (Å²) in [5.41, 5.74) is 7.24. The van der Waals surface area contributed by atoms with Crippen LogP contribution in [0.2, 0.25) is 10.0 Å². The largest absolute Gasteiger partial charge is 0.368 e. The molecule has 18 heavy (non-hydrogen) atoms. The average Bonchev–Trinajstić information content (AvgIpc) is 2.29. The van der Waals surface area contributed by atoms with Crippen molar-refractivity contribution in [2.45, 2.75) is 0 Å². The van der Waals surface area contributed by atoms with Gasteiger partial charge in [-0.15, -0.1) is 0 Å². The monoisotopic (exact) mass is 282 g/mol. The van der Waals surface area contributed by atoms with Crippen LogP contribution in [0.3, 0.4) is 0 Å². The zero-order valence-electron chi connectivity index (χ0n) is 9.98. The summed E-state index contributed by atoms with van der Waals surface area (Å²) in [4.78, 5) is 10.1. The second kappa shape index (κ2) is 5.00. The maximum Gasteiger partial charge on any atom is 0.221 e. The molecule has 1 aromatic carbocycles. The van der Waals surface area contributed by atoms with Gasteiger partial charge in [-0.25, -0.2) is 4.98 Å². The summed E-state index contributed by atoms with van der Waals surface area (Å²) in [6.07, 6.45) is 1.66. The Morgan fingerprint density at radius 2 is 1.89 bits per heavy atom. The van der Waals surface area contributed by atoms with Crippen LogP contribution in [0, 0.1) is 0 Å². The van der Waals surface area contributed by atoms with Crippen LogP contribution in [-0.4, -0.2) is 24.1 Å². The fraction of sp³-hybridized carbons (Fsp3) is 0.167. The summed E-state index contributed by atoms with van der Waals surface area (Å²) in [5, 5.41) is 1.14. The number of rotatable bonds is 2. The molecule has 1 aromatic heterocycles. The minimum Gasteiger partial charge on any atom is -0.368 e. The molecule has 0 radical (unpaired) electrons. The highest BCUT2D eigenvalue weighted by molar-refractivity contribution is 6.36. The van der Waals surface area contributed by atoms with Gasteiger partial charge in [0.1, 0.15) is 5.82 Å². The van der Waals surface area contributed by atoms with Crippen molar-refractivity contribution in [3.63, 3.8) is 0 Å². The average molecular weight is 283 g/mol. The van der Waals surface area contributed by atoms with Crippen LogP contribution in [0.15, 0.2) is 24.4 Å². The molecule has 0 aliphatic heterocycles. The van der Waals surface area contributed by atoms with Crippen molar-refractivity contribution in [2.75, 3.05) is 24.7 Å². The number of hydrogen-bond donors (Lipinski definition) is 1. The zero-order valence-corrected chi connectivity index (χ0v) is 11.5. The highest BCUT2D eigenvalue weighted by Gasteiger charge is 2.13. The topological polar surface area (TPSA) is 55.0 Å². The fourth-order valence-corrected chi connectivity index (χ4v) is 2.14. The van der Waals surface area contributed by atoms with Crippen molar-refractivity contribution in [2.24, 2.45) is 0 Å². The van der Waals surface area contributed by atoms with Gasteiger partial charge in [0, 0.05) is 36.4 Å². The Morgan fingerprint density at radius 3 is 2.50 bits per heavy atom. The molecule has 0 fully saturated rings. The molecule has 1 heterocycles. The molecular formula is C12H12Cl2N4. The third kappa shape index (κ3) is 2.49. The summed E-state index contributed by atoms with van der Waals surface area (Å²) < 4.78 is 0. The molecule has 4 nitrogen and oxygen atoms in total. The molecule has 0 bridgehead atoms. The minimum atomic E-state index is 0.229. The van der Waals surface area contributed by atoms with Crippen molar-refractivity contribution in [3.05, 3.63) is 34.4 Å². The molecule has 2 aromatic rings. The van der Waals surface area contributed by atoms with E-state index in [1.54, 1.807) is 18.3 Å². The van der Waals surface area contributed by atoms with Gasteiger partial charge in [-0.2, -0.15) is 4.98 Å². The predicted octanol–water partition coefficient (Wildman–Crippen LogP) is 3.10. The number of nitrogen functional groups attached to an aromatic ring is 1. The molecule has 2 rings (SSSR count). The van der Waals surface area contributed by atoms with Gasteiger partial charge < -0.3 is 10.6 Å². The molecular weight excluding hydrogens is 271 g/mol. The molecule has 0 saturated carbocycles. The van der Waals surface area contributed by atoms with E-state index in [4.69, 9.17) is 28.9 Å². The number of nitrogens with two attached hydrogens (primary N) is 1. The van der Waals surface area contributed by atoms with Crippen molar-refractivity contribution < 1.29 is 0 Å². The number of benzene rings is 1. The maximum absolute atomic E-state index is 6.19. The van der Waals surface area contributed by atoms with Gasteiger partial charge in [0.05, 0.1) is 5.02 Å². The van der Waals surface area contributed by atoms with Gasteiger partial charge in [0.15, 0.2) is 0 Å². The molecule has 0 spiro atoms. The van der Waals surface area contributed by atoms with Crippen molar-refractivity contribution in [1.29, 1.82) is 0 Å². The van der Waals surface area contributed by atoms with E-state index in [1.165, 1.54) is 0 Å². The van der Waals surface area contributed by atoms with Crippen LogP contribution in [-0.2, 0) is 0 Å². The maximum atomic E-state index is 6.19. The van der Waals surface area contributed by atoms with E-state index in [9.17, 15) is 0 Å². The van der Waals surface area contributed by atoms with E-state index in [0.717, 1.165) is 11.1 Å². The Hall–Kier alpha value is -1.52. The van der Waals surface area contributed by atoms with Crippen LogP contribution in [0.25, 0.3) is 11.1 Å². The van der Waals surface area contributed by atoms with Gasteiger partial charge in [-0.3, -0.25) is 0 Å². The number of aromatic nitrogens is 2. The van der Waals surface area contributed by atoms with E-state index in [-0.39, 0.29) is 5.95 Å². The van der Waals surface area contributed by atoms with Gasteiger partial charge in [-0.05, 0) is 12.1 Å². The Bertz CT molecular complexity index is 584. The second-order valence-electron chi connectivity index (χ2n) is 3.98. The Morgan fingerprint density at radius 1 is 1.17 bits per heavy atom. The lowest BCUT2D eigenvalue weighted by Crippen LogP contribution is -2.13. The molecule has 6 heteroatoms. The van der Waals surface area contributed by atoms with Gasteiger partial charge in [-0.1, -0.05) is 29.3 Å². The molecule has 94 valence electrons. The molecule has 0 unspecified atom stereocenters. The van der Waals surface area contributed by atoms with E-state index in [0.29, 0.717) is 15.9 Å². The smallest absolute Gasteiger partial charge is 0.221 e. The third-order valence-corrected chi connectivity index (χ3v) is 2.98. The fourth-order valence-electron chi connectivity index (χ4n) is 1.62. The van der Waals surface area contributed by atoms with Crippen molar-refractivity contribution >= 4 is 35.0 Å². The Balaban J connectivity index is 2.63. The summed E-state index contributed by atoms with van der Waals surface area (Å²) in [6, 6.07) is 5.30. The van der Waals surface area contributed by atoms with E-state index in [1.807, 2.05) is 25.1 Å². The first-order chi connectivity index (χ1) is 8.49. The van der Waals surface area contributed by atoms with Crippen LogP contribution in [0.4, 0.5) is 11.8 Å². The highest BCUT2D eigenvalue weighted by atomic mass is 35.5. The molecule has 2 N–H and O–H groups in total. The summed E-state index contributed by atoms with van der Waals surface area (Å²) in [5.74, 6) is 0.944. The summed E-state index contributed by atoms with van der Waals surface area (Å²) in [7, 11) is 3.77. The number of anilines is 2. The highest BCUT2D eigenvalue weighted by Crippen LogP contribution is 2.34. The third-order valence-electron chi connectivity index (χ3n) is 2.43. The molecule has 0 atom stereocenters. The van der Waals surface area contributed by atoms with E-state index < -0.39 is 0 Å². The second-order valence-corrected chi connectivity index (χ2v) is 4.83. The van der Waals surface area contributed by atoms with Crippen LogP contribution < -0.4 is 10.6 Å². The Labute approximate surface area is 115 Å². The lowest BCUT2D eigenvalue weighted by atomic mass is 10.1. The molecule has 0 aliphatic carbocycles. The first-order valence-electron chi connectivity index (χ1n) is 5.24. The summed E-state index contributed by atoms with van der Waals surface area (Å²) >= 11 is 12.1. The number of halogens is 2. The first kappa shape index (κ1) is 12.9. The standard InChI is InChI=1S/C12H12Cl2N4/c1-18(2)11-9(6-16-12(15)17-11)8-4-3-7(13)5-10(8)14/h3-6H,1-2H3,(H2,15,16,17). The molecule has 0 aliphatic rings. The van der Waals surface area contributed by atoms with Gasteiger partial charge in [0.25, 0.3) is 0 Å². The zero-order chi connectivity index (χ0) is 13.3. The van der Waals surface area contributed by atoms with Gasteiger partial charge >= 0.3 is 0 Å². The van der Waals surface area contributed by atoms with Crippen molar-refractivity contribution in [1.82, 2.24) is 9.97 Å². The van der Waals surface area contributed by atoms with Crippen LogP contribution in [0.5, 0.6) is 0 Å². The predicted molar refractivity (Wildman–Crippen MR) is 76.2 cm³/mol. The van der Waals surface area contributed by atoms with E-state index in [2.05, 4.69) is 9.97 Å². The quantitative estimate of drug-likeness (QED) is 0.920. The normalized spacial score (nSPS) is 10.4. The Kier molecular flexibility index (Phi) is 3.59. The first-order valence-corrected chi connectivity index (χ1v) is 6.00. The molecule has 0 amide bonds. The minimum absolute atomic E-state index is 0.229. The van der Waals surface area contributed by atoms with Crippen LogP contribution >= 0.6 is 23.2 Å². The SMILES string of the molecule is CN(C)c1nc(N)ncc1-c1ccc(Cl)cc1Cl. The molecule has 0 saturated heterocycles. The number of nitrogens with zero attached hydrogens (tertiary/aromatic N) is 3. The van der Waals surface area contributed by atoms with Crippen molar-refractivity contribution in [3.8, 4) is 11.1 Å². The lowest BCUT2D eigenvalue weighted by molar-refractivity contribution is 1.05. The number of hydrogen-bond acceptors (Lipinski definition) is 4. The van der Waals surface area contributed by atoms with Gasteiger partial charge in [0.2, 0.25) is 5.95 Å². The van der Waals surface area contributed by atoms with Crippen LogP contribution in [0.1, 0.15) is 0 Å². The van der Waals surface area contributed by atoms with E-state index >= 15 is 0 Å². The lowest BCUT2D eigenvalue weighted by Gasteiger charge is -2.16. The summed E-state index contributed by atoms with van der Waals surface area (Å²) in [6.45, 7) is 0.